The molecule has 0 heterocycles. The zero-order chi connectivity index (χ0) is 20.4. The molecule has 4 atom stereocenters. The maximum Gasteiger partial charge on any atom is 0.310 e. The van der Waals surface area contributed by atoms with Gasteiger partial charge in [-0.3, -0.25) is 14.4 Å². The summed E-state index contributed by atoms with van der Waals surface area (Å²) in [7, 11) is 0. The summed E-state index contributed by atoms with van der Waals surface area (Å²) < 4.78 is 5.36. The van der Waals surface area contributed by atoms with E-state index in [-0.39, 0.29) is 36.1 Å². The lowest BCUT2D eigenvalue weighted by atomic mass is 9.75. The van der Waals surface area contributed by atoms with Gasteiger partial charge in [-0.05, 0) is 55.7 Å². The number of rotatable bonds is 6. The number of carbonyl (C=O) groups is 3. The summed E-state index contributed by atoms with van der Waals surface area (Å²) in [6, 6.07) is 16.6. The number of aryl methyl sites for hydroxylation is 1. The van der Waals surface area contributed by atoms with Gasteiger partial charge in [0.15, 0.2) is 12.4 Å². The Bertz CT molecular complexity index is 923. The molecule has 0 radical (unpaired) electrons. The van der Waals surface area contributed by atoms with E-state index < -0.39 is 11.9 Å². The van der Waals surface area contributed by atoms with Crippen molar-refractivity contribution < 1.29 is 19.1 Å². The van der Waals surface area contributed by atoms with Crippen molar-refractivity contribution in [2.45, 2.75) is 26.2 Å². The molecule has 2 saturated carbocycles. The third-order valence-electron chi connectivity index (χ3n) is 6.20. The second-order valence-electron chi connectivity index (χ2n) is 8.14. The minimum atomic E-state index is -0.451. The summed E-state index contributed by atoms with van der Waals surface area (Å²) in [4.78, 5) is 38.1. The number of esters is 1. The largest absolute Gasteiger partial charge is 0.455 e. The molecule has 150 valence electrons. The number of fused-ring (bicyclic) bond motifs is 2. The van der Waals surface area contributed by atoms with Gasteiger partial charge in [0, 0.05) is 17.2 Å². The number of benzene rings is 2. The molecule has 0 saturated heterocycles. The highest BCUT2D eigenvalue weighted by atomic mass is 16.5. The lowest BCUT2D eigenvalue weighted by Crippen LogP contribution is -2.37. The zero-order valence-corrected chi connectivity index (χ0v) is 16.5. The summed E-state index contributed by atoms with van der Waals surface area (Å²) in [6.07, 6.45) is 2.81. The molecule has 5 heteroatoms. The van der Waals surface area contributed by atoms with E-state index in [9.17, 15) is 14.4 Å². The van der Waals surface area contributed by atoms with E-state index in [0.717, 1.165) is 24.8 Å². The molecule has 1 N–H and O–H groups in total. The van der Waals surface area contributed by atoms with Crippen LogP contribution in [-0.2, 0) is 14.3 Å². The molecule has 5 nitrogen and oxygen atoms in total. The van der Waals surface area contributed by atoms with Crippen LogP contribution >= 0.6 is 0 Å². The molecular weight excluding hydrogens is 366 g/mol. The van der Waals surface area contributed by atoms with Crippen LogP contribution in [-0.4, -0.2) is 24.3 Å². The van der Waals surface area contributed by atoms with Gasteiger partial charge in [-0.1, -0.05) is 42.5 Å². The summed E-state index contributed by atoms with van der Waals surface area (Å²) >= 11 is 0. The summed E-state index contributed by atoms with van der Waals surface area (Å²) in [6.45, 7) is 1.60. The fourth-order valence-electron chi connectivity index (χ4n) is 4.96. The molecule has 29 heavy (non-hydrogen) atoms. The monoisotopic (exact) mass is 391 g/mol. The molecular formula is C24H25NO4. The van der Waals surface area contributed by atoms with Crippen LogP contribution < -0.4 is 5.32 Å². The number of ketones is 1. The maximum atomic E-state index is 13.1. The Morgan fingerprint density at radius 1 is 0.966 bits per heavy atom. The molecule has 0 unspecified atom stereocenters. The van der Waals surface area contributed by atoms with Gasteiger partial charge in [-0.15, -0.1) is 0 Å². The lowest BCUT2D eigenvalue weighted by Gasteiger charge is -2.28. The lowest BCUT2D eigenvalue weighted by molar-refractivity contribution is -0.154. The average Bonchev–Trinajstić information content (AvgIpc) is 3.34. The van der Waals surface area contributed by atoms with E-state index in [1.54, 1.807) is 18.2 Å². The maximum absolute atomic E-state index is 13.1. The minimum Gasteiger partial charge on any atom is -0.455 e. The van der Waals surface area contributed by atoms with Crippen LogP contribution in [0.3, 0.4) is 0 Å². The van der Waals surface area contributed by atoms with E-state index in [1.165, 1.54) is 0 Å². The smallest absolute Gasteiger partial charge is 0.310 e. The highest BCUT2D eigenvalue weighted by Gasteiger charge is 2.54. The van der Waals surface area contributed by atoms with Crippen molar-refractivity contribution >= 4 is 23.3 Å². The summed E-state index contributed by atoms with van der Waals surface area (Å²) in [5.41, 5.74) is 2.34. The normalized spacial score (nSPS) is 24.9. The van der Waals surface area contributed by atoms with Gasteiger partial charge >= 0.3 is 5.97 Å². The Morgan fingerprint density at radius 2 is 1.69 bits per heavy atom. The van der Waals surface area contributed by atoms with E-state index in [0.29, 0.717) is 11.3 Å². The van der Waals surface area contributed by atoms with E-state index in [4.69, 9.17) is 4.74 Å². The van der Waals surface area contributed by atoms with Crippen molar-refractivity contribution in [1.82, 2.24) is 0 Å². The molecule has 2 aromatic rings. The van der Waals surface area contributed by atoms with Gasteiger partial charge in [-0.25, -0.2) is 0 Å². The fourth-order valence-corrected chi connectivity index (χ4v) is 4.96. The van der Waals surface area contributed by atoms with E-state index >= 15 is 0 Å². The van der Waals surface area contributed by atoms with Gasteiger partial charge in [0.1, 0.15) is 0 Å². The van der Waals surface area contributed by atoms with Crippen molar-refractivity contribution in [3.05, 3.63) is 65.7 Å². The highest BCUT2D eigenvalue weighted by Crippen LogP contribution is 2.53. The van der Waals surface area contributed by atoms with Crippen LogP contribution in [0.5, 0.6) is 0 Å². The van der Waals surface area contributed by atoms with Crippen molar-refractivity contribution in [2.75, 3.05) is 11.9 Å². The molecule has 1 amide bonds. The number of ether oxygens (including phenoxy) is 1. The first-order chi connectivity index (χ1) is 14.0. The van der Waals surface area contributed by atoms with Crippen LogP contribution in [0.1, 0.15) is 35.2 Å². The number of nitrogens with one attached hydrogen (secondary N) is 1. The van der Waals surface area contributed by atoms with Crippen LogP contribution in [0.15, 0.2) is 54.6 Å². The Morgan fingerprint density at radius 3 is 2.41 bits per heavy atom. The van der Waals surface area contributed by atoms with Crippen molar-refractivity contribution in [3.8, 4) is 0 Å². The predicted molar refractivity (Wildman–Crippen MR) is 109 cm³/mol. The highest BCUT2D eigenvalue weighted by molar-refractivity contribution is 6.01. The molecule has 2 aliphatic rings. The number of hydrogen-bond donors (Lipinski definition) is 1. The standard InChI is InChI=1S/C24H25NO4/c1-15-6-5-9-19(12-15)25-20(26)14-29-24(28)22-18-11-10-17(13-18)21(22)23(27)16-7-3-2-4-8-16/h2-9,12,17-18,21-22H,10-11,13-14H2,1H3,(H,25,26)/t17-,18-,21+,22-/m0/s1. The third kappa shape index (κ3) is 4.09. The predicted octanol–water partition coefficient (Wildman–Crippen LogP) is 4.02. The average molecular weight is 391 g/mol. The molecule has 0 aliphatic heterocycles. The molecule has 4 rings (SSSR count). The second-order valence-corrected chi connectivity index (χ2v) is 8.14. The molecule has 2 fully saturated rings. The summed E-state index contributed by atoms with van der Waals surface area (Å²) in [5, 5.41) is 2.74. The van der Waals surface area contributed by atoms with Gasteiger partial charge in [0.2, 0.25) is 0 Å². The minimum absolute atomic E-state index is 0.0176. The fraction of sp³-hybridized carbons (Fsp3) is 0.375. The molecule has 0 aromatic heterocycles. The number of anilines is 1. The Kier molecular flexibility index (Phi) is 5.47. The first-order valence-corrected chi connectivity index (χ1v) is 10.2. The molecule has 2 bridgehead atoms. The zero-order valence-electron chi connectivity index (χ0n) is 16.5. The molecule has 2 aliphatic carbocycles. The Labute approximate surface area is 170 Å². The first-order valence-electron chi connectivity index (χ1n) is 10.2. The van der Waals surface area contributed by atoms with Crippen molar-refractivity contribution in [2.24, 2.45) is 23.7 Å². The topological polar surface area (TPSA) is 72.5 Å². The Hall–Kier alpha value is -2.95. The van der Waals surface area contributed by atoms with Crippen LogP contribution in [0.4, 0.5) is 5.69 Å². The molecule has 0 spiro atoms. The third-order valence-corrected chi connectivity index (χ3v) is 6.20. The number of hydrogen-bond acceptors (Lipinski definition) is 4. The second kappa shape index (κ2) is 8.19. The molecule has 2 aromatic carbocycles. The van der Waals surface area contributed by atoms with Crippen LogP contribution in [0.25, 0.3) is 0 Å². The Balaban J connectivity index is 1.40. The van der Waals surface area contributed by atoms with Gasteiger partial charge in [0.05, 0.1) is 5.92 Å². The van der Waals surface area contributed by atoms with E-state index in [1.807, 2.05) is 43.3 Å². The van der Waals surface area contributed by atoms with Crippen molar-refractivity contribution in [3.63, 3.8) is 0 Å². The SMILES string of the molecule is Cc1cccc(NC(=O)COC(=O)[C@H]2[C@H]3CC[C@@H](C3)[C@H]2C(=O)c2ccccc2)c1. The quantitative estimate of drug-likeness (QED) is 0.596. The van der Waals surface area contributed by atoms with E-state index in [2.05, 4.69) is 5.32 Å². The number of Topliss-reactive ketones (excluding diaryl/α,β-unsaturated/α-hetero) is 1. The van der Waals surface area contributed by atoms with Gasteiger partial charge in [-0.2, -0.15) is 0 Å². The van der Waals surface area contributed by atoms with Crippen LogP contribution in [0, 0.1) is 30.6 Å². The summed E-state index contributed by atoms with van der Waals surface area (Å²) in [5.74, 6) is -1.18. The number of amides is 1. The van der Waals surface area contributed by atoms with Crippen molar-refractivity contribution in [1.29, 1.82) is 0 Å². The van der Waals surface area contributed by atoms with Gasteiger partial charge < -0.3 is 10.1 Å². The van der Waals surface area contributed by atoms with Crippen LogP contribution in [0.2, 0.25) is 0 Å². The number of carbonyl (C=O) groups excluding carboxylic acids is 3. The first kappa shape index (κ1) is 19.4. The van der Waals surface area contributed by atoms with Gasteiger partial charge in [0.25, 0.3) is 5.91 Å².